The third-order valence-corrected chi connectivity index (χ3v) is 5.06. The van der Waals surface area contributed by atoms with Gasteiger partial charge in [-0.2, -0.15) is 13.2 Å². The largest absolute Gasteiger partial charge is 0.401 e. The summed E-state index contributed by atoms with van der Waals surface area (Å²) in [6, 6.07) is 1.79. The fourth-order valence-corrected chi connectivity index (χ4v) is 3.49. The van der Waals surface area contributed by atoms with Gasteiger partial charge in [-0.3, -0.25) is 9.89 Å². The van der Waals surface area contributed by atoms with E-state index in [4.69, 9.17) is 5.73 Å². The molecule has 158 valence electrons. The first-order valence-electron chi connectivity index (χ1n) is 9.26. The van der Waals surface area contributed by atoms with Gasteiger partial charge in [0.15, 0.2) is 5.96 Å². The highest BCUT2D eigenvalue weighted by Gasteiger charge is 2.32. The van der Waals surface area contributed by atoms with E-state index in [2.05, 4.69) is 19.9 Å². The molecule has 0 amide bonds. The van der Waals surface area contributed by atoms with Crippen molar-refractivity contribution in [2.24, 2.45) is 16.6 Å². The molecule has 0 saturated carbocycles. The number of piperazine rings is 1. The zero-order valence-electron chi connectivity index (χ0n) is 15.7. The number of guanidine groups is 1. The van der Waals surface area contributed by atoms with E-state index >= 15 is 0 Å². The van der Waals surface area contributed by atoms with Gasteiger partial charge in [0.2, 0.25) is 5.95 Å². The highest BCUT2D eigenvalue weighted by atomic mass is 127. The molecule has 11 heteroatoms. The van der Waals surface area contributed by atoms with Crippen molar-refractivity contribution >= 4 is 35.9 Å². The summed E-state index contributed by atoms with van der Waals surface area (Å²) >= 11 is 0. The molecule has 2 saturated heterocycles. The lowest BCUT2D eigenvalue weighted by Crippen LogP contribution is -2.51. The first kappa shape index (κ1) is 22.9. The second kappa shape index (κ2) is 10.4. The van der Waals surface area contributed by atoms with Crippen LogP contribution in [0.5, 0.6) is 0 Å². The minimum absolute atomic E-state index is 0. The molecule has 0 spiro atoms. The number of rotatable bonds is 4. The second-order valence-corrected chi connectivity index (χ2v) is 7.06. The number of alkyl halides is 3. The lowest BCUT2D eigenvalue weighted by Gasteiger charge is -2.35. The number of hydrogen-bond donors (Lipinski definition) is 1. The Balaban J connectivity index is 0.00000280. The maximum absolute atomic E-state index is 12.4. The topological polar surface area (TPSA) is 73.9 Å². The molecule has 0 aliphatic carbocycles. The van der Waals surface area contributed by atoms with Crippen LogP contribution in [0.3, 0.4) is 0 Å². The van der Waals surface area contributed by atoms with Crippen molar-refractivity contribution < 1.29 is 13.2 Å². The number of hydrogen-bond acceptors (Lipinski definition) is 5. The van der Waals surface area contributed by atoms with E-state index in [0.29, 0.717) is 31.5 Å². The lowest BCUT2D eigenvalue weighted by atomic mass is 9.97. The van der Waals surface area contributed by atoms with Crippen LogP contribution in [0, 0.1) is 5.92 Å². The molecule has 0 bridgehead atoms. The van der Waals surface area contributed by atoms with Crippen LogP contribution in [-0.4, -0.2) is 84.3 Å². The number of aromatic nitrogens is 2. The summed E-state index contributed by atoms with van der Waals surface area (Å²) in [4.78, 5) is 18.6. The van der Waals surface area contributed by atoms with Crippen molar-refractivity contribution in [1.29, 1.82) is 0 Å². The molecule has 3 rings (SSSR count). The van der Waals surface area contributed by atoms with E-state index in [-0.39, 0.29) is 24.0 Å². The Hall–Kier alpha value is -1.37. The molecule has 2 fully saturated rings. The average Bonchev–Trinajstić information content (AvgIpc) is 2.67. The molecular formula is C17H27F3IN7. The number of likely N-dealkylation sites (tertiary alicyclic amines) is 1. The number of nitrogens with zero attached hydrogens (tertiary/aromatic N) is 6. The van der Waals surface area contributed by atoms with Gasteiger partial charge in [-0.05, 0) is 37.9 Å². The van der Waals surface area contributed by atoms with Gasteiger partial charge < -0.3 is 15.5 Å². The van der Waals surface area contributed by atoms with Gasteiger partial charge in [-0.15, -0.1) is 24.0 Å². The Kier molecular flexibility index (Phi) is 8.53. The van der Waals surface area contributed by atoms with Gasteiger partial charge in [0, 0.05) is 45.1 Å². The zero-order chi connectivity index (χ0) is 19.3. The van der Waals surface area contributed by atoms with Crippen LogP contribution >= 0.6 is 24.0 Å². The molecule has 28 heavy (non-hydrogen) atoms. The van der Waals surface area contributed by atoms with Crippen LogP contribution in [-0.2, 0) is 0 Å². The summed E-state index contributed by atoms with van der Waals surface area (Å²) in [5, 5.41) is 0. The number of aliphatic imine (C=N–C) groups is 1. The van der Waals surface area contributed by atoms with Crippen LogP contribution < -0.4 is 10.6 Å². The van der Waals surface area contributed by atoms with Crippen molar-refractivity contribution in [3.8, 4) is 0 Å². The molecule has 0 radical (unpaired) electrons. The first-order chi connectivity index (χ1) is 12.9. The van der Waals surface area contributed by atoms with E-state index in [9.17, 15) is 13.2 Å². The fourth-order valence-electron chi connectivity index (χ4n) is 3.49. The van der Waals surface area contributed by atoms with E-state index in [0.717, 1.165) is 45.0 Å². The summed E-state index contributed by atoms with van der Waals surface area (Å²) < 4.78 is 37.3. The molecule has 7 nitrogen and oxygen atoms in total. The van der Waals surface area contributed by atoms with E-state index in [1.165, 1.54) is 4.90 Å². The van der Waals surface area contributed by atoms with Gasteiger partial charge in [0.25, 0.3) is 0 Å². The van der Waals surface area contributed by atoms with Gasteiger partial charge in [-0.1, -0.05) is 0 Å². The fraction of sp³-hybridized carbons (Fsp3) is 0.706. The third-order valence-electron chi connectivity index (χ3n) is 5.06. The summed E-state index contributed by atoms with van der Waals surface area (Å²) in [6.45, 7) is 3.74. The summed E-state index contributed by atoms with van der Waals surface area (Å²) in [5.41, 5.74) is 6.13. The van der Waals surface area contributed by atoms with Gasteiger partial charge in [-0.25, -0.2) is 9.97 Å². The smallest absolute Gasteiger partial charge is 0.370 e. The van der Waals surface area contributed by atoms with Crippen LogP contribution in [0.25, 0.3) is 0 Å². The standard InChI is InChI=1S/C17H26F3N7.HI/c18-17(19,20)13-25-6-2-14(3-7-25)12-24-15(21)26-8-10-27(11-9-26)16-22-4-1-5-23-16;/h1,4-5,14H,2-3,6-13H2,(H2,21,24);1H. The maximum atomic E-state index is 12.4. The molecule has 2 aliphatic heterocycles. The minimum Gasteiger partial charge on any atom is -0.370 e. The highest BCUT2D eigenvalue weighted by molar-refractivity contribution is 14.0. The predicted molar refractivity (Wildman–Crippen MR) is 113 cm³/mol. The van der Waals surface area contributed by atoms with Gasteiger partial charge in [0.1, 0.15) is 0 Å². The monoisotopic (exact) mass is 513 g/mol. The molecule has 3 heterocycles. The van der Waals surface area contributed by atoms with Crippen LogP contribution in [0.15, 0.2) is 23.5 Å². The number of anilines is 1. The molecule has 0 atom stereocenters. The minimum atomic E-state index is -4.12. The molecular weight excluding hydrogens is 486 g/mol. The Morgan fingerprint density at radius 1 is 1.07 bits per heavy atom. The van der Waals surface area contributed by atoms with Crippen LogP contribution in [0.2, 0.25) is 0 Å². The van der Waals surface area contributed by atoms with Crippen molar-refractivity contribution in [2.75, 3.05) is 57.3 Å². The molecule has 0 unspecified atom stereocenters. The molecule has 2 aliphatic rings. The van der Waals surface area contributed by atoms with Gasteiger partial charge >= 0.3 is 6.18 Å². The Bertz CT molecular complexity index is 613. The summed E-state index contributed by atoms with van der Waals surface area (Å²) in [7, 11) is 0. The van der Waals surface area contributed by atoms with E-state index in [1.54, 1.807) is 18.5 Å². The molecule has 1 aromatic heterocycles. The van der Waals surface area contributed by atoms with E-state index < -0.39 is 12.7 Å². The zero-order valence-corrected chi connectivity index (χ0v) is 18.0. The van der Waals surface area contributed by atoms with Crippen molar-refractivity contribution in [3.63, 3.8) is 0 Å². The number of piperidine rings is 1. The van der Waals surface area contributed by atoms with Gasteiger partial charge in [0.05, 0.1) is 6.54 Å². The average molecular weight is 513 g/mol. The maximum Gasteiger partial charge on any atom is 0.401 e. The predicted octanol–water partition coefficient (Wildman–Crippen LogP) is 1.81. The Morgan fingerprint density at radius 3 is 2.25 bits per heavy atom. The number of nitrogens with two attached hydrogens (primary N) is 1. The molecule has 2 N–H and O–H groups in total. The van der Waals surface area contributed by atoms with Crippen LogP contribution in [0.4, 0.5) is 19.1 Å². The Morgan fingerprint density at radius 2 is 1.68 bits per heavy atom. The summed E-state index contributed by atoms with van der Waals surface area (Å²) in [5.74, 6) is 1.53. The summed E-state index contributed by atoms with van der Waals surface area (Å²) in [6.07, 6.45) is 0.787. The van der Waals surface area contributed by atoms with Crippen molar-refractivity contribution in [3.05, 3.63) is 18.5 Å². The Labute approximate surface area is 180 Å². The normalized spacial score (nSPS) is 20.2. The van der Waals surface area contributed by atoms with E-state index in [1.807, 2.05) is 4.90 Å². The van der Waals surface area contributed by atoms with Crippen molar-refractivity contribution in [2.45, 2.75) is 19.0 Å². The first-order valence-corrected chi connectivity index (χ1v) is 9.26. The molecule has 1 aromatic rings. The SMILES string of the molecule is I.NC(=NCC1CCN(CC(F)(F)F)CC1)N1CCN(c2ncccn2)CC1. The third kappa shape index (κ3) is 6.90. The van der Waals surface area contributed by atoms with Crippen molar-refractivity contribution in [1.82, 2.24) is 19.8 Å². The highest BCUT2D eigenvalue weighted by Crippen LogP contribution is 2.22. The molecule has 0 aromatic carbocycles. The van der Waals surface area contributed by atoms with Crippen LogP contribution in [0.1, 0.15) is 12.8 Å². The quantitative estimate of drug-likeness (QED) is 0.376. The number of halogens is 4. The lowest BCUT2D eigenvalue weighted by molar-refractivity contribution is -0.148. The second-order valence-electron chi connectivity index (χ2n) is 7.06.